The zero-order valence-corrected chi connectivity index (χ0v) is 16.5. The highest BCUT2D eigenvalue weighted by Gasteiger charge is 2.19. The Balaban J connectivity index is 1.62. The van der Waals surface area contributed by atoms with Gasteiger partial charge in [0.15, 0.2) is 0 Å². The number of rotatable bonds is 6. The zero-order chi connectivity index (χ0) is 19.4. The Morgan fingerprint density at radius 3 is 2.52 bits per heavy atom. The van der Waals surface area contributed by atoms with Crippen LogP contribution in [0.15, 0.2) is 48.5 Å². The molecule has 0 aliphatic heterocycles. The molecular formula is C20H18ClFN2O2S. The van der Waals surface area contributed by atoms with Crippen molar-refractivity contribution in [1.82, 2.24) is 9.88 Å². The minimum Gasteiger partial charge on any atom is -0.492 e. The predicted molar refractivity (Wildman–Crippen MR) is 106 cm³/mol. The van der Waals surface area contributed by atoms with Gasteiger partial charge < -0.3 is 9.64 Å². The molecule has 0 atom stereocenters. The van der Waals surface area contributed by atoms with Crippen molar-refractivity contribution in [2.24, 2.45) is 0 Å². The van der Waals surface area contributed by atoms with Crippen LogP contribution in [0.3, 0.4) is 0 Å². The number of thiazole rings is 1. The van der Waals surface area contributed by atoms with E-state index in [2.05, 4.69) is 4.98 Å². The van der Waals surface area contributed by atoms with Crippen LogP contribution < -0.4 is 4.74 Å². The molecule has 0 radical (unpaired) electrons. The van der Waals surface area contributed by atoms with Gasteiger partial charge in [-0.05, 0) is 43.3 Å². The Bertz CT molecular complexity index is 926. The molecule has 7 heteroatoms. The first-order chi connectivity index (χ1) is 12.9. The number of hydrogen-bond donors (Lipinski definition) is 0. The van der Waals surface area contributed by atoms with Crippen LogP contribution in [0.1, 0.15) is 15.4 Å². The van der Waals surface area contributed by atoms with Crippen LogP contribution in [0.4, 0.5) is 4.39 Å². The molecule has 1 heterocycles. The monoisotopic (exact) mass is 404 g/mol. The van der Waals surface area contributed by atoms with Gasteiger partial charge in [0.2, 0.25) is 0 Å². The molecule has 3 aromatic rings. The average Bonchev–Trinajstić information content (AvgIpc) is 3.05. The molecule has 1 amide bonds. The number of nitrogens with zero attached hydrogens (tertiary/aromatic N) is 2. The quantitative estimate of drug-likeness (QED) is 0.576. The van der Waals surface area contributed by atoms with E-state index in [4.69, 9.17) is 16.3 Å². The highest BCUT2D eigenvalue weighted by molar-refractivity contribution is 7.17. The van der Waals surface area contributed by atoms with Gasteiger partial charge in [-0.15, -0.1) is 11.3 Å². The second-order valence-electron chi connectivity index (χ2n) is 5.97. The molecule has 0 saturated heterocycles. The van der Waals surface area contributed by atoms with E-state index in [1.165, 1.54) is 23.5 Å². The standard InChI is InChI=1S/C20H18ClFN2O2S/c1-13-18(27-19(23-13)14-3-5-15(21)6-4-14)20(25)24(2)11-12-26-17-9-7-16(22)8-10-17/h3-10H,11-12H2,1-2H3. The number of ether oxygens (including phenoxy) is 1. The third-order valence-corrected chi connectivity index (χ3v) is 5.38. The van der Waals surface area contributed by atoms with Crippen molar-refractivity contribution in [3.05, 3.63) is 69.9 Å². The maximum absolute atomic E-state index is 12.9. The van der Waals surface area contributed by atoms with E-state index in [1.807, 2.05) is 19.1 Å². The normalized spacial score (nSPS) is 10.7. The average molecular weight is 405 g/mol. The summed E-state index contributed by atoms with van der Waals surface area (Å²) in [6.07, 6.45) is 0. The van der Waals surface area contributed by atoms with E-state index in [0.29, 0.717) is 34.5 Å². The van der Waals surface area contributed by atoms with E-state index in [0.717, 1.165) is 10.6 Å². The summed E-state index contributed by atoms with van der Waals surface area (Å²) in [5.74, 6) is 0.149. The van der Waals surface area contributed by atoms with Crippen LogP contribution in [0, 0.1) is 12.7 Å². The smallest absolute Gasteiger partial charge is 0.265 e. The number of likely N-dealkylation sites (N-methyl/N-ethyl adjacent to an activating group) is 1. The number of carbonyl (C=O) groups is 1. The van der Waals surface area contributed by atoms with Gasteiger partial charge in [0.25, 0.3) is 5.91 Å². The molecule has 0 N–H and O–H groups in total. The first-order valence-electron chi connectivity index (χ1n) is 8.31. The molecule has 0 bridgehead atoms. The van der Waals surface area contributed by atoms with Crippen molar-refractivity contribution in [3.63, 3.8) is 0 Å². The summed E-state index contributed by atoms with van der Waals surface area (Å²) in [6, 6.07) is 13.2. The first kappa shape index (κ1) is 19.3. The van der Waals surface area contributed by atoms with Crippen LogP contribution in [0.25, 0.3) is 10.6 Å². The third-order valence-electron chi connectivity index (χ3n) is 3.94. The van der Waals surface area contributed by atoms with Crippen molar-refractivity contribution in [3.8, 4) is 16.3 Å². The summed E-state index contributed by atoms with van der Waals surface area (Å²) < 4.78 is 18.4. The van der Waals surface area contributed by atoms with Crippen LogP contribution >= 0.6 is 22.9 Å². The molecule has 0 saturated carbocycles. The van der Waals surface area contributed by atoms with E-state index < -0.39 is 0 Å². The molecule has 0 unspecified atom stereocenters. The summed E-state index contributed by atoms with van der Waals surface area (Å²) >= 11 is 7.28. The number of aryl methyl sites for hydroxylation is 1. The molecule has 0 fully saturated rings. The number of aromatic nitrogens is 1. The fourth-order valence-corrected chi connectivity index (χ4v) is 3.61. The van der Waals surface area contributed by atoms with Gasteiger partial charge in [-0.2, -0.15) is 0 Å². The van der Waals surface area contributed by atoms with Gasteiger partial charge in [0, 0.05) is 17.6 Å². The van der Waals surface area contributed by atoms with E-state index in [1.54, 1.807) is 36.2 Å². The lowest BCUT2D eigenvalue weighted by Crippen LogP contribution is -2.30. The predicted octanol–water partition coefficient (Wildman–Crippen LogP) is 5.06. The Morgan fingerprint density at radius 2 is 1.85 bits per heavy atom. The Labute approximate surface area is 166 Å². The molecule has 0 spiro atoms. The third kappa shape index (κ3) is 4.84. The molecule has 1 aromatic heterocycles. The van der Waals surface area contributed by atoms with Crippen molar-refractivity contribution in [2.75, 3.05) is 20.2 Å². The van der Waals surface area contributed by atoms with Gasteiger partial charge in [-0.3, -0.25) is 4.79 Å². The second-order valence-corrected chi connectivity index (χ2v) is 7.41. The SMILES string of the molecule is Cc1nc(-c2ccc(Cl)cc2)sc1C(=O)N(C)CCOc1ccc(F)cc1. The van der Waals surface area contributed by atoms with Crippen LogP contribution in [0.2, 0.25) is 5.02 Å². The highest BCUT2D eigenvalue weighted by Crippen LogP contribution is 2.29. The van der Waals surface area contributed by atoms with Crippen molar-refractivity contribution in [2.45, 2.75) is 6.92 Å². The fraction of sp³-hybridized carbons (Fsp3) is 0.200. The van der Waals surface area contributed by atoms with E-state index in [-0.39, 0.29) is 11.7 Å². The minimum absolute atomic E-state index is 0.104. The van der Waals surface area contributed by atoms with Gasteiger partial charge in [-0.1, -0.05) is 23.7 Å². The van der Waals surface area contributed by atoms with Crippen molar-refractivity contribution < 1.29 is 13.9 Å². The first-order valence-corrected chi connectivity index (χ1v) is 9.50. The summed E-state index contributed by atoms with van der Waals surface area (Å²) in [4.78, 5) is 19.4. The van der Waals surface area contributed by atoms with Crippen molar-refractivity contribution >= 4 is 28.8 Å². The van der Waals surface area contributed by atoms with E-state index >= 15 is 0 Å². The molecular weight excluding hydrogens is 387 g/mol. The molecule has 0 aliphatic carbocycles. The lowest BCUT2D eigenvalue weighted by atomic mass is 10.2. The maximum atomic E-state index is 12.9. The maximum Gasteiger partial charge on any atom is 0.265 e. The van der Waals surface area contributed by atoms with Gasteiger partial charge in [-0.25, -0.2) is 9.37 Å². The van der Waals surface area contributed by atoms with Gasteiger partial charge in [0.1, 0.15) is 28.1 Å². The molecule has 140 valence electrons. The van der Waals surface area contributed by atoms with Gasteiger partial charge >= 0.3 is 0 Å². The Kier molecular flexibility index (Phi) is 6.08. The van der Waals surface area contributed by atoms with Crippen molar-refractivity contribution in [1.29, 1.82) is 0 Å². The lowest BCUT2D eigenvalue weighted by molar-refractivity contribution is 0.0777. The van der Waals surface area contributed by atoms with E-state index in [9.17, 15) is 9.18 Å². The number of hydrogen-bond acceptors (Lipinski definition) is 4. The number of amides is 1. The highest BCUT2D eigenvalue weighted by atomic mass is 35.5. The number of carbonyl (C=O) groups excluding carboxylic acids is 1. The number of halogens is 2. The largest absolute Gasteiger partial charge is 0.492 e. The van der Waals surface area contributed by atoms with Crippen LogP contribution in [0.5, 0.6) is 5.75 Å². The zero-order valence-electron chi connectivity index (χ0n) is 14.9. The second kappa shape index (κ2) is 8.50. The molecule has 0 aliphatic rings. The molecule has 27 heavy (non-hydrogen) atoms. The number of benzene rings is 2. The van der Waals surface area contributed by atoms with Crippen LogP contribution in [-0.4, -0.2) is 36.0 Å². The summed E-state index contributed by atoms with van der Waals surface area (Å²) in [6.45, 7) is 2.55. The summed E-state index contributed by atoms with van der Waals surface area (Å²) in [5, 5.41) is 1.44. The topological polar surface area (TPSA) is 42.4 Å². The lowest BCUT2D eigenvalue weighted by Gasteiger charge is -2.17. The molecule has 4 nitrogen and oxygen atoms in total. The summed E-state index contributed by atoms with van der Waals surface area (Å²) in [5.41, 5.74) is 1.62. The molecule has 2 aromatic carbocycles. The fourth-order valence-electron chi connectivity index (χ4n) is 2.42. The van der Waals surface area contributed by atoms with Gasteiger partial charge in [0.05, 0.1) is 12.2 Å². The minimum atomic E-state index is -0.313. The Morgan fingerprint density at radius 1 is 1.19 bits per heavy atom. The van der Waals surface area contributed by atoms with Crippen LogP contribution in [-0.2, 0) is 0 Å². The summed E-state index contributed by atoms with van der Waals surface area (Å²) in [7, 11) is 1.72. The molecule has 3 rings (SSSR count). The Hall–Kier alpha value is -2.44.